The first-order valence-corrected chi connectivity index (χ1v) is 7.98. The molecule has 1 atom stereocenters. The molecule has 0 radical (unpaired) electrons. The van der Waals surface area contributed by atoms with Crippen molar-refractivity contribution in [3.8, 4) is 0 Å². The molecule has 2 fully saturated rings. The minimum absolute atomic E-state index is 0.753. The van der Waals surface area contributed by atoms with Crippen LogP contribution in [0.25, 0.3) is 10.9 Å². The van der Waals surface area contributed by atoms with Crippen LogP contribution in [0.4, 0.5) is 0 Å². The van der Waals surface area contributed by atoms with Crippen molar-refractivity contribution >= 4 is 10.9 Å². The number of piperazine rings is 1. The molecule has 1 aromatic carbocycles. The lowest BCUT2D eigenvalue weighted by Crippen LogP contribution is -2.49. The first-order chi connectivity index (χ1) is 10.4. The molecule has 2 N–H and O–H groups in total. The fourth-order valence-corrected chi connectivity index (χ4v) is 3.64. The van der Waals surface area contributed by atoms with E-state index < -0.39 is 0 Å². The average Bonchev–Trinajstić information content (AvgIpc) is 3.17. The molecule has 2 aliphatic heterocycles. The SMILES string of the molecule is c1cc2cn[nH]c2cc1CN1CCC(N2CCNCC2)C1. The minimum atomic E-state index is 0.753. The number of aromatic amines is 1. The minimum Gasteiger partial charge on any atom is -0.314 e. The zero-order valence-electron chi connectivity index (χ0n) is 12.4. The van der Waals surface area contributed by atoms with Crippen LogP contribution in [0.5, 0.6) is 0 Å². The summed E-state index contributed by atoms with van der Waals surface area (Å²) < 4.78 is 0. The highest BCUT2D eigenvalue weighted by atomic mass is 15.3. The maximum atomic E-state index is 4.10. The van der Waals surface area contributed by atoms with Crippen LogP contribution in [0.2, 0.25) is 0 Å². The van der Waals surface area contributed by atoms with E-state index in [0.29, 0.717) is 0 Å². The molecule has 112 valence electrons. The molecular weight excluding hydrogens is 262 g/mol. The number of fused-ring (bicyclic) bond motifs is 1. The molecule has 1 aromatic heterocycles. The average molecular weight is 285 g/mol. The molecule has 2 aliphatic rings. The summed E-state index contributed by atoms with van der Waals surface area (Å²) in [5.74, 6) is 0. The van der Waals surface area contributed by atoms with Crippen LogP contribution in [-0.4, -0.2) is 65.3 Å². The molecule has 0 bridgehead atoms. The zero-order valence-corrected chi connectivity index (χ0v) is 12.4. The maximum Gasteiger partial charge on any atom is 0.0653 e. The number of H-pyrrole nitrogens is 1. The second-order valence-corrected chi connectivity index (χ2v) is 6.26. The van der Waals surface area contributed by atoms with Crippen molar-refractivity contribution in [2.24, 2.45) is 0 Å². The van der Waals surface area contributed by atoms with E-state index in [1.807, 2.05) is 6.20 Å². The Morgan fingerprint density at radius 2 is 2.10 bits per heavy atom. The second kappa shape index (κ2) is 5.75. The topological polar surface area (TPSA) is 47.2 Å². The van der Waals surface area contributed by atoms with Gasteiger partial charge in [-0.15, -0.1) is 0 Å². The van der Waals surface area contributed by atoms with Crippen LogP contribution in [-0.2, 0) is 6.54 Å². The van der Waals surface area contributed by atoms with Crippen molar-refractivity contribution in [1.29, 1.82) is 0 Å². The van der Waals surface area contributed by atoms with E-state index in [4.69, 9.17) is 0 Å². The summed E-state index contributed by atoms with van der Waals surface area (Å²) in [6.07, 6.45) is 3.20. The fourth-order valence-electron chi connectivity index (χ4n) is 3.64. The van der Waals surface area contributed by atoms with Crippen LogP contribution in [0, 0.1) is 0 Å². The van der Waals surface area contributed by atoms with Gasteiger partial charge in [-0.3, -0.25) is 14.9 Å². The summed E-state index contributed by atoms with van der Waals surface area (Å²) in [5, 5.41) is 11.8. The molecule has 5 nitrogen and oxygen atoms in total. The van der Waals surface area contributed by atoms with Gasteiger partial charge < -0.3 is 5.32 Å². The Hall–Kier alpha value is -1.43. The van der Waals surface area contributed by atoms with Crippen LogP contribution in [0.15, 0.2) is 24.4 Å². The van der Waals surface area contributed by atoms with Gasteiger partial charge in [-0.05, 0) is 18.1 Å². The summed E-state index contributed by atoms with van der Waals surface area (Å²) in [6.45, 7) is 8.19. The van der Waals surface area contributed by atoms with E-state index in [1.165, 1.54) is 43.5 Å². The predicted molar refractivity (Wildman–Crippen MR) is 84.2 cm³/mol. The van der Waals surface area contributed by atoms with Gasteiger partial charge >= 0.3 is 0 Å². The van der Waals surface area contributed by atoms with Gasteiger partial charge in [0.1, 0.15) is 0 Å². The Bertz CT molecular complexity index is 601. The number of nitrogens with one attached hydrogen (secondary N) is 2. The molecule has 3 heterocycles. The molecule has 2 saturated heterocycles. The second-order valence-electron chi connectivity index (χ2n) is 6.26. The third-order valence-corrected chi connectivity index (χ3v) is 4.83. The van der Waals surface area contributed by atoms with Crippen molar-refractivity contribution < 1.29 is 0 Å². The van der Waals surface area contributed by atoms with Crippen molar-refractivity contribution in [3.05, 3.63) is 30.0 Å². The van der Waals surface area contributed by atoms with Crippen LogP contribution >= 0.6 is 0 Å². The first-order valence-electron chi connectivity index (χ1n) is 7.98. The lowest BCUT2D eigenvalue weighted by Gasteiger charge is -2.32. The van der Waals surface area contributed by atoms with Gasteiger partial charge in [0.15, 0.2) is 0 Å². The van der Waals surface area contributed by atoms with E-state index in [9.17, 15) is 0 Å². The van der Waals surface area contributed by atoms with E-state index in [-0.39, 0.29) is 0 Å². The molecule has 21 heavy (non-hydrogen) atoms. The Balaban J connectivity index is 1.39. The smallest absolute Gasteiger partial charge is 0.0653 e. The number of rotatable bonds is 3. The van der Waals surface area contributed by atoms with Crippen molar-refractivity contribution in [2.75, 3.05) is 39.3 Å². The van der Waals surface area contributed by atoms with Crippen molar-refractivity contribution in [2.45, 2.75) is 19.0 Å². The quantitative estimate of drug-likeness (QED) is 0.885. The lowest BCUT2D eigenvalue weighted by atomic mass is 10.1. The Morgan fingerprint density at radius 1 is 1.19 bits per heavy atom. The fraction of sp³-hybridized carbons (Fsp3) is 0.562. The van der Waals surface area contributed by atoms with Gasteiger partial charge in [-0.2, -0.15) is 5.10 Å². The molecule has 2 aromatic rings. The lowest BCUT2D eigenvalue weighted by molar-refractivity contribution is 0.170. The molecule has 0 aliphatic carbocycles. The zero-order chi connectivity index (χ0) is 14.1. The third-order valence-electron chi connectivity index (χ3n) is 4.83. The van der Waals surface area contributed by atoms with Crippen LogP contribution in [0.3, 0.4) is 0 Å². The summed E-state index contributed by atoms with van der Waals surface area (Å²) in [6, 6.07) is 7.39. The molecular formula is C16H23N5. The standard InChI is InChI=1S/C16H23N5/c1-2-14-10-18-19-16(14)9-13(1)11-20-6-3-15(12-20)21-7-4-17-5-8-21/h1-2,9-10,15,17H,3-8,11-12H2,(H,18,19). The number of benzene rings is 1. The largest absolute Gasteiger partial charge is 0.314 e. The van der Waals surface area contributed by atoms with Crippen LogP contribution in [0.1, 0.15) is 12.0 Å². The van der Waals surface area contributed by atoms with E-state index in [2.05, 4.69) is 43.5 Å². The van der Waals surface area contributed by atoms with Gasteiger partial charge in [0.05, 0.1) is 11.7 Å². The first kappa shape index (κ1) is 13.2. The summed E-state index contributed by atoms with van der Waals surface area (Å²) in [5.41, 5.74) is 2.53. The third kappa shape index (κ3) is 2.81. The summed E-state index contributed by atoms with van der Waals surface area (Å²) in [7, 11) is 0. The maximum absolute atomic E-state index is 4.10. The number of likely N-dealkylation sites (tertiary alicyclic amines) is 1. The van der Waals surface area contributed by atoms with Gasteiger partial charge in [0.2, 0.25) is 0 Å². The Labute approximate surface area is 125 Å². The molecule has 0 amide bonds. The number of nitrogens with zero attached hydrogens (tertiary/aromatic N) is 3. The Kier molecular flexibility index (Phi) is 3.63. The predicted octanol–water partition coefficient (Wildman–Crippen LogP) is 1.04. The number of hydrogen-bond acceptors (Lipinski definition) is 4. The van der Waals surface area contributed by atoms with Crippen LogP contribution < -0.4 is 5.32 Å². The summed E-state index contributed by atoms with van der Waals surface area (Å²) >= 11 is 0. The van der Waals surface area contributed by atoms with Gasteiger partial charge in [-0.1, -0.05) is 12.1 Å². The van der Waals surface area contributed by atoms with E-state index in [1.54, 1.807) is 0 Å². The van der Waals surface area contributed by atoms with Gasteiger partial charge in [-0.25, -0.2) is 0 Å². The highest BCUT2D eigenvalue weighted by molar-refractivity contribution is 5.78. The molecule has 1 unspecified atom stereocenters. The Morgan fingerprint density at radius 3 is 3.00 bits per heavy atom. The number of hydrogen-bond donors (Lipinski definition) is 2. The molecule has 4 rings (SSSR count). The summed E-state index contributed by atoms with van der Waals surface area (Å²) in [4.78, 5) is 5.25. The van der Waals surface area contributed by atoms with E-state index >= 15 is 0 Å². The van der Waals surface area contributed by atoms with E-state index in [0.717, 1.165) is 31.2 Å². The monoisotopic (exact) mass is 285 g/mol. The molecule has 0 saturated carbocycles. The molecule has 0 spiro atoms. The number of aromatic nitrogens is 2. The van der Waals surface area contributed by atoms with Gasteiger partial charge in [0, 0.05) is 57.2 Å². The van der Waals surface area contributed by atoms with Crippen molar-refractivity contribution in [3.63, 3.8) is 0 Å². The highest BCUT2D eigenvalue weighted by Crippen LogP contribution is 2.20. The molecule has 5 heteroatoms. The normalized spacial score (nSPS) is 24.9. The highest BCUT2D eigenvalue weighted by Gasteiger charge is 2.28. The van der Waals surface area contributed by atoms with Crippen molar-refractivity contribution in [1.82, 2.24) is 25.3 Å². The van der Waals surface area contributed by atoms with Gasteiger partial charge in [0.25, 0.3) is 0 Å².